The second-order valence-corrected chi connectivity index (χ2v) is 7.23. The molecule has 0 saturated carbocycles. The number of ketones is 1. The number of hydrogen-bond donors (Lipinski definition) is 2. The Balaban J connectivity index is 1.48. The van der Waals surface area contributed by atoms with E-state index < -0.39 is 0 Å². The van der Waals surface area contributed by atoms with E-state index in [4.69, 9.17) is 4.74 Å². The molecule has 0 saturated heterocycles. The lowest BCUT2D eigenvalue weighted by molar-refractivity contribution is -0.118. The first kappa shape index (κ1) is 16.8. The van der Waals surface area contributed by atoms with Crippen molar-refractivity contribution >= 4 is 29.1 Å². The molecule has 2 aliphatic rings. The SMILES string of the molecule is O=C1COc2ccc(C(=O)CSc3nc4c(c(=O)[nH]3)CCCC4)cc2N1. The standard InChI is InChI=1S/C18H17N3O4S/c22-14(10-5-6-15-13(7-10)19-16(23)8-25-15)9-26-18-20-12-4-2-1-3-11(12)17(24)21-18/h5-7H,1-4,8-9H2,(H,19,23)(H,20,21,24). The summed E-state index contributed by atoms with van der Waals surface area (Å²) < 4.78 is 5.29. The number of carbonyl (C=O) groups excluding carboxylic acids is 2. The van der Waals surface area contributed by atoms with E-state index >= 15 is 0 Å². The third kappa shape index (κ3) is 3.37. The van der Waals surface area contributed by atoms with E-state index in [1.807, 2.05) is 0 Å². The van der Waals surface area contributed by atoms with Gasteiger partial charge >= 0.3 is 0 Å². The van der Waals surface area contributed by atoms with Crippen LogP contribution in [0.1, 0.15) is 34.5 Å². The van der Waals surface area contributed by atoms with Gasteiger partial charge in [-0.2, -0.15) is 0 Å². The molecule has 0 radical (unpaired) electrons. The lowest BCUT2D eigenvalue weighted by Crippen LogP contribution is -2.25. The Bertz CT molecular complexity index is 954. The Hall–Kier alpha value is -2.61. The highest BCUT2D eigenvalue weighted by Crippen LogP contribution is 2.29. The van der Waals surface area contributed by atoms with Crippen LogP contribution in [-0.4, -0.2) is 34.0 Å². The van der Waals surface area contributed by atoms with Crippen LogP contribution in [0.15, 0.2) is 28.2 Å². The van der Waals surface area contributed by atoms with Gasteiger partial charge in [0.05, 0.1) is 17.1 Å². The van der Waals surface area contributed by atoms with Crippen LogP contribution in [0, 0.1) is 0 Å². The lowest BCUT2D eigenvalue weighted by atomic mass is 9.97. The molecule has 26 heavy (non-hydrogen) atoms. The minimum atomic E-state index is -0.243. The zero-order chi connectivity index (χ0) is 18.1. The van der Waals surface area contributed by atoms with E-state index in [-0.39, 0.29) is 29.6 Å². The first-order chi connectivity index (χ1) is 12.6. The number of rotatable bonds is 4. The van der Waals surface area contributed by atoms with E-state index in [0.717, 1.165) is 36.9 Å². The highest BCUT2D eigenvalue weighted by molar-refractivity contribution is 7.99. The third-order valence-corrected chi connectivity index (χ3v) is 5.32. The topological polar surface area (TPSA) is 101 Å². The van der Waals surface area contributed by atoms with Crippen LogP contribution in [0.3, 0.4) is 0 Å². The van der Waals surface area contributed by atoms with E-state index in [0.29, 0.717) is 22.2 Å². The van der Waals surface area contributed by atoms with Gasteiger partial charge in [-0.05, 0) is 43.9 Å². The highest BCUT2D eigenvalue weighted by atomic mass is 32.2. The molecule has 134 valence electrons. The number of ether oxygens (including phenoxy) is 1. The number of thioether (sulfide) groups is 1. The molecule has 2 aromatic rings. The molecule has 2 N–H and O–H groups in total. The molecule has 1 aromatic carbocycles. The fourth-order valence-electron chi connectivity index (χ4n) is 3.12. The quantitative estimate of drug-likeness (QED) is 0.484. The Morgan fingerprint density at radius 3 is 2.96 bits per heavy atom. The van der Waals surface area contributed by atoms with Crippen molar-refractivity contribution in [2.45, 2.75) is 30.8 Å². The summed E-state index contributed by atoms with van der Waals surface area (Å²) >= 11 is 1.21. The van der Waals surface area contributed by atoms with Crippen LogP contribution >= 0.6 is 11.8 Å². The molecule has 0 bridgehead atoms. The molecule has 0 atom stereocenters. The minimum Gasteiger partial charge on any atom is -0.482 e. The summed E-state index contributed by atoms with van der Waals surface area (Å²) in [5.41, 5.74) is 2.50. The van der Waals surface area contributed by atoms with E-state index in [1.54, 1.807) is 18.2 Å². The van der Waals surface area contributed by atoms with Gasteiger partial charge in [0.1, 0.15) is 5.75 Å². The van der Waals surface area contributed by atoms with Crippen LogP contribution in [-0.2, 0) is 17.6 Å². The Morgan fingerprint density at radius 2 is 2.08 bits per heavy atom. The predicted molar refractivity (Wildman–Crippen MR) is 97.1 cm³/mol. The molecule has 1 amide bonds. The predicted octanol–water partition coefficient (Wildman–Crippen LogP) is 1.95. The van der Waals surface area contributed by atoms with Gasteiger partial charge in [0, 0.05) is 11.1 Å². The summed E-state index contributed by atoms with van der Waals surface area (Å²) in [4.78, 5) is 43.3. The second kappa shape index (κ2) is 6.95. The van der Waals surface area contributed by atoms with Gasteiger partial charge < -0.3 is 15.0 Å². The molecule has 1 aliphatic heterocycles. The third-order valence-electron chi connectivity index (χ3n) is 4.44. The molecule has 8 heteroatoms. The smallest absolute Gasteiger partial charge is 0.262 e. The van der Waals surface area contributed by atoms with Gasteiger partial charge in [-0.15, -0.1) is 0 Å². The molecule has 4 rings (SSSR count). The monoisotopic (exact) mass is 371 g/mol. The Labute approximate surface area is 153 Å². The minimum absolute atomic E-state index is 0.0203. The second-order valence-electron chi connectivity index (χ2n) is 6.26. The average molecular weight is 371 g/mol. The molecular weight excluding hydrogens is 354 g/mol. The van der Waals surface area contributed by atoms with Crippen LogP contribution < -0.4 is 15.6 Å². The largest absolute Gasteiger partial charge is 0.482 e. The first-order valence-corrected chi connectivity index (χ1v) is 9.43. The van der Waals surface area contributed by atoms with Gasteiger partial charge in [0.25, 0.3) is 11.5 Å². The zero-order valence-corrected chi connectivity index (χ0v) is 14.8. The van der Waals surface area contributed by atoms with Gasteiger partial charge in [-0.3, -0.25) is 14.4 Å². The molecular formula is C18H17N3O4S. The number of aromatic amines is 1. The Kier molecular flexibility index (Phi) is 4.50. The van der Waals surface area contributed by atoms with Crippen LogP contribution in [0.2, 0.25) is 0 Å². The summed E-state index contributed by atoms with van der Waals surface area (Å²) in [7, 11) is 0. The van der Waals surface area contributed by atoms with Gasteiger partial charge in [0.15, 0.2) is 17.5 Å². The number of Topliss-reactive ketones (excluding diaryl/α,β-unsaturated/α-hetero) is 1. The van der Waals surface area contributed by atoms with Crippen molar-refractivity contribution in [2.75, 3.05) is 17.7 Å². The summed E-state index contributed by atoms with van der Waals surface area (Å²) in [5.74, 6) is 0.342. The van der Waals surface area contributed by atoms with Crippen molar-refractivity contribution in [3.63, 3.8) is 0 Å². The van der Waals surface area contributed by atoms with Crippen LogP contribution in [0.25, 0.3) is 0 Å². The number of hydrogen-bond acceptors (Lipinski definition) is 6. The number of carbonyl (C=O) groups is 2. The van der Waals surface area contributed by atoms with E-state index in [9.17, 15) is 14.4 Å². The maximum atomic E-state index is 12.5. The fraction of sp³-hybridized carbons (Fsp3) is 0.333. The number of aromatic nitrogens is 2. The number of nitrogens with one attached hydrogen (secondary N) is 2. The maximum Gasteiger partial charge on any atom is 0.262 e. The van der Waals surface area contributed by atoms with Crippen LogP contribution in [0.4, 0.5) is 5.69 Å². The van der Waals surface area contributed by atoms with Crippen molar-refractivity contribution < 1.29 is 14.3 Å². The molecule has 2 heterocycles. The van der Waals surface area contributed by atoms with Crippen molar-refractivity contribution in [1.29, 1.82) is 0 Å². The van der Waals surface area contributed by atoms with Gasteiger partial charge in [0.2, 0.25) is 0 Å². The maximum absolute atomic E-state index is 12.5. The molecule has 1 aromatic heterocycles. The number of nitrogens with zero attached hydrogens (tertiary/aromatic N) is 1. The normalized spacial score (nSPS) is 15.5. The lowest BCUT2D eigenvalue weighted by Gasteiger charge is -2.18. The van der Waals surface area contributed by atoms with Crippen LogP contribution in [0.5, 0.6) is 5.75 Å². The number of amides is 1. The number of anilines is 1. The molecule has 7 nitrogen and oxygen atoms in total. The average Bonchev–Trinajstić information content (AvgIpc) is 2.65. The molecule has 0 spiro atoms. The van der Waals surface area contributed by atoms with Crippen molar-refractivity contribution in [2.24, 2.45) is 0 Å². The summed E-state index contributed by atoms with van der Waals surface area (Å²) in [5, 5.41) is 3.16. The van der Waals surface area contributed by atoms with Gasteiger partial charge in [-0.25, -0.2) is 4.98 Å². The number of benzene rings is 1. The molecule has 1 aliphatic carbocycles. The van der Waals surface area contributed by atoms with E-state index in [2.05, 4.69) is 15.3 Å². The van der Waals surface area contributed by atoms with Gasteiger partial charge in [-0.1, -0.05) is 11.8 Å². The zero-order valence-electron chi connectivity index (χ0n) is 14.0. The van der Waals surface area contributed by atoms with Crippen molar-refractivity contribution in [3.05, 3.63) is 45.4 Å². The van der Waals surface area contributed by atoms with Crippen molar-refractivity contribution in [1.82, 2.24) is 9.97 Å². The Morgan fingerprint density at radius 1 is 1.23 bits per heavy atom. The number of H-pyrrole nitrogens is 1. The molecule has 0 unspecified atom stereocenters. The highest BCUT2D eigenvalue weighted by Gasteiger charge is 2.19. The van der Waals surface area contributed by atoms with E-state index in [1.165, 1.54) is 11.8 Å². The number of fused-ring (bicyclic) bond motifs is 2. The summed E-state index contributed by atoms with van der Waals surface area (Å²) in [6, 6.07) is 4.95. The van der Waals surface area contributed by atoms with Crippen molar-refractivity contribution in [3.8, 4) is 5.75 Å². The summed E-state index contributed by atoms with van der Waals surface area (Å²) in [6.45, 7) is -0.0203. The summed E-state index contributed by atoms with van der Waals surface area (Å²) in [6.07, 6.45) is 3.63. The first-order valence-electron chi connectivity index (χ1n) is 8.45. The number of aryl methyl sites for hydroxylation is 1. The fourth-order valence-corrected chi connectivity index (χ4v) is 3.90. The molecule has 0 fully saturated rings.